The monoisotopic (exact) mass is 464 g/mol. The minimum atomic E-state index is -1.47. The fourth-order valence-corrected chi connectivity index (χ4v) is 10.4. The van der Waals surface area contributed by atoms with Crippen LogP contribution in [0.2, 0.25) is 0 Å². The van der Waals surface area contributed by atoms with Crippen LogP contribution in [0.4, 0.5) is 0 Å². The summed E-state index contributed by atoms with van der Waals surface area (Å²) in [6.45, 7) is 8.57. The molecule has 4 saturated carbocycles. The summed E-state index contributed by atoms with van der Waals surface area (Å²) in [7, 11) is 0. The van der Waals surface area contributed by atoms with Gasteiger partial charge in [0.05, 0.1) is 18.8 Å². The van der Waals surface area contributed by atoms with Crippen molar-refractivity contribution in [2.24, 2.45) is 46.3 Å². The first-order valence-electron chi connectivity index (χ1n) is 13.5. The summed E-state index contributed by atoms with van der Waals surface area (Å²) >= 11 is 0. The zero-order valence-corrected chi connectivity index (χ0v) is 20.7. The normalized spacial score (nSPS) is 64.7. The molecule has 4 N–H and O–H groups in total. The topological polar surface area (TPSA) is 99.4 Å². The lowest BCUT2D eigenvalue weighted by molar-refractivity contribution is -0.361. The van der Waals surface area contributed by atoms with Gasteiger partial charge >= 0.3 is 0 Å². The van der Waals surface area contributed by atoms with Gasteiger partial charge in [-0.2, -0.15) is 0 Å². The van der Waals surface area contributed by atoms with E-state index in [0.29, 0.717) is 23.2 Å². The number of hydrogen-bond donors (Lipinski definition) is 4. The quantitative estimate of drug-likeness (QED) is 0.440. The van der Waals surface area contributed by atoms with Crippen LogP contribution in [0.25, 0.3) is 0 Å². The summed E-state index contributed by atoms with van der Waals surface area (Å²) < 4.78 is 12.7. The maximum absolute atomic E-state index is 11.1. The SMILES string of the molecule is C[C@H]1[C@H]2[C@H](C[C@H]3[C@@H]4CC[C@H]5C[C@@H](O)CC[C@]5(C)[C@H]4CC[C@]23C)O[C@@]12OC[C@@](C)(O)[C@@H](O)[C@@H]2O. The molecule has 2 saturated heterocycles. The Kier molecular flexibility index (Phi) is 5.03. The molecule has 0 bridgehead atoms. The van der Waals surface area contributed by atoms with Gasteiger partial charge < -0.3 is 29.9 Å². The molecule has 0 amide bonds. The molecule has 0 aromatic carbocycles. The standard InChI is InChI=1S/C27H44O6/c1-14-21-20(33-27(14)23(30)22(29)26(4,31)13-32-27)12-19-17-6-5-15-11-16(28)7-9-24(15,2)18(17)8-10-25(19,21)3/h14-23,28-31H,5-13H2,1-4H3/t14-,15-,16-,17+,18-,19-,20-,21-,22-,23-,24-,25-,26+,27-/m0/s1. The van der Waals surface area contributed by atoms with Gasteiger partial charge in [0, 0.05) is 5.92 Å². The molecule has 0 radical (unpaired) electrons. The summed E-state index contributed by atoms with van der Waals surface area (Å²) in [5.74, 6) is 1.72. The van der Waals surface area contributed by atoms with E-state index in [4.69, 9.17) is 9.47 Å². The van der Waals surface area contributed by atoms with Crippen molar-refractivity contribution in [3.05, 3.63) is 0 Å². The molecule has 33 heavy (non-hydrogen) atoms. The van der Waals surface area contributed by atoms with Crippen LogP contribution in [-0.4, -0.2) is 62.8 Å². The molecule has 4 aliphatic carbocycles. The first kappa shape index (κ1) is 23.2. The third-order valence-corrected chi connectivity index (χ3v) is 12.2. The fourth-order valence-electron chi connectivity index (χ4n) is 10.4. The smallest absolute Gasteiger partial charge is 0.200 e. The van der Waals surface area contributed by atoms with E-state index in [0.717, 1.165) is 31.6 Å². The van der Waals surface area contributed by atoms with Crippen LogP contribution in [0.3, 0.4) is 0 Å². The Hall–Kier alpha value is -0.240. The average molecular weight is 465 g/mol. The Morgan fingerprint density at radius 3 is 2.30 bits per heavy atom. The van der Waals surface area contributed by atoms with E-state index in [2.05, 4.69) is 20.8 Å². The van der Waals surface area contributed by atoms with Crippen LogP contribution in [0.1, 0.15) is 79.1 Å². The Bertz CT molecular complexity index is 801. The molecule has 2 aliphatic heterocycles. The maximum Gasteiger partial charge on any atom is 0.200 e. The lowest BCUT2D eigenvalue weighted by Gasteiger charge is -2.61. The zero-order valence-electron chi connectivity index (χ0n) is 20.7. The van der Waals surface area contributed by atoms with E-state index in [1.54, 1.807) is 0 Å². The third-order valence-electron chi connectivity index (χ3n) is 12.2. The van der Waals surface area contributed by atoms with Crippen molar-refractivity contribution < 1.29 is 29.9 Å². The maximum atomic E-state index is 11.1. The van der Waals surface area contributed by atoms with Crippen LogP contribution in [0.15, 0.2) is 0 Å². The van der Waals surface area contributed by atoms with Gasteiger partial charge in [0.15, 0.2) is 0 Å². The molecule has 0 aromatic rings. The van der Waals surface area contributed by atoms with Gasteiger partial charge in [0.25, 0.3) is 0 Å². The molecule has 0 aromatic heterocycles. The number of fused-ring (bicyclic) bond motifs is 7. The minimum Gasteiger partial charge on any atom is -0.393 e. The van der Waals surface area contributed by atoms with E-state index in [1.807, 2.05) is 0 Å². The average Bonchev–Trinajstić information content (AvgIpc) is 3.22. The van der Waals surface area contributed by atoms with Gasteiger partial charge in [-0.3, -0.25) is 0 Å². The minimum absolute atomic E-state index is 0.0253. The molecule has 6 rings (SSSR count). The Morgan fingerprint density at radius 2 is 1.55 bits per heavy atom. The second-order valence-corrected chi connectivity index (χ2v) is 13.6. The Balaban J connectivity index is 1.27. The number of ether oxygens (including phenoxy) is 2. The molecule has 188 valence electrons. The van der Waals surface area contributed by atoms with Gasteiger partial charge in [-0.15, -0.1) is 0 Å². The molecule has 6 aliphatic rings. The summed E-state index contributed by atoms with van der Waals surface area (Å²) in [6, 6.07) is 0. The van der Waals surface area contributed by atoms with Crippen LogP contribution in [0.5, 0.6) is 0 Å². The summed E-state index contributed by atoms with van der Waals surface area (Å²) in [5.41, 5.74) is -0.981. The Morgan fingerprint density at radius 1 is 0.818 bits per heavy atom. The molecule has 14 atom stereocenters. The molecule has 0 unspecified atom stereocenters. The van der Waals surface area contributed by atoms with Crippen molar-refractivity contribution in [2.75, 3.05) is 6.61 Å². The first-order valence-corrected chi connectivity index (χ1v) is 13.5. The van der Waals surface area contributed by atoms with E-state index in [-0.39, 0.29) is 36.1 Å². The molecular weight excluding hydrogens is 420 g/mol. The highest BCUT2D eigenvalue weighted by molar-refractivity contribution is 5.17. The fraction of sp³-hybridized carbons (Fsp3) is 1.00. The van der Waals surface area contributed by atoms with Crippen molar-refractivity contribution in [3.63, 3.8) is 0 Å². The second-order valence-electron chi connectivity index (χ2n) is 13.6. The molecular formula is C27H44O6. The lowest BCUT2D eigenvalue weighted by Crippen LogP contribution is -2.68. The number of aliphatic hydroxyl groups excluding tert-OH is 3. The highest BCUT2D eigenvalue weighted by Crippen LogP contribution is 2.71. The van der Waals surface area contributed by atoms with Crippen molar-refractivity contribution >= 4 is 0 Å². The van der Waals surface area contributed by atoms with Crippen molar-refractivity contribution in [1.29, 1.82) is 0 Å². The summed E-state index contributed by atoms with van der Waals surface area (Å²) in [5, 5.41) is 42.4. The predicted octanol–water partition coefficient (Wildman–Crippen LogP) is 2.85. The van der Waals surface area contributed by atoms with E-state index < -0.39 is 23.6 Å². The zero-order chi connectivity index (χ0) is 23.6. The number of hydrogen-bond acceptors (Lipinski definition) is 6. The molecule has 6 nitrogen and oxygen atoms in total. The predicted molar refractivity (Wildman–Crippen MR) is 122 cm³/mol. The number of rotatable bonds is 0. The largest absolute Gasteiger partial charge is 0.393 e. The van der Waals surface area contributed by atoms with Gasteiger partial charge in [-0.1, -0.05) is 20.8 Å². The van der Waals surface area contributed by atoms with Crippen LogP contribution in [-0.2, 0) is 9.47 Å². The van der Waals surface area contributed by atoms with Gasteiger partial charge in [0.2, 0.25) is 5.79 Å². The van der Waals surface area contributed by atoms with Crippen molar-refractivity contribution in [3.8, 4) is 0 Å². The van der Waals surface area contributed by atoms with Gasteiger partial charge in [-0.05, 0) is 98.7 Å². The third kappa shape index (κ3) is 2.88. The highest BCUT2D eigenvalue weighted by atomic mass is 16.7. The molecule has 1 spiro atoms. The Labute approximate surface area is 198 Å². The van der Waals surface area contributed by atoms with E-state index in [1.165, 1.54) is 32.6 Å². The molecule has 6 heteroatoms. The van der Waals surface area contributed by atoms with E-state index in [9.17, 15) is 20.4 Å². The first-order chi connectivity index (χ1) is 15.4. The number of aliphatic hydroxyl groups is 4. The van der Waals surface area contributed by atoms with Gasteiger partial charge in [0.1, 0.15) is 17.8 Å². The van der Waals surface area contributed by atoms with Crippen LogP contribution >= 0.6 is 0 Å². The van der Waals surface area contributed by atoms with Crippen molar-refractivity contribution in [1.82, 2.24) is 0 Å². The molecule has 6 fully saturated rings. The van der Waals surface area contributed by atoms with Gasteiger partial charge in [-0.25, -0.2) is 0 Å². The van der Waals surface area contributed by atoms with Crippen molar-refractivity contribution in [2.45, 2.75) is 115 Å². The lowest BCUT2D eigenvalue weighted by atomic mass is 9.44. The summed E-state index contributed by atoms with van der Waals surface area (Å²) in [6.07, 6.45) is 6.37. The second kappa shape index (κ2) is 7.17. The molecule has 2 heterocycles. The van der Waals surface area contributed by atoms with E-state index >= 15 is 0 Å². The highest BCUT2D eigenvalue weighted by Gasteiger charge is 2.72. The van der Waals surface area contributed by atoms with Crippen LogP contribution in [0, 0.1) is 46.3 Å². The van der Waals surface area contributed by atoms with Crippen LogP contribution < -0.4 is 0 Å². The summed E-state index contributed by atoms with van der Waals surface area (Å²) in [4.78, 5) is 0.